The zero-order chi connectivity index (χ0) is 12.4. The van der Waals surface area contributed by atoms with Gasteiger partial charge in [0.25, 0.3) is 0 Å². The molecule has 92 valence electrons. The Morgan fingerprint density at radius 2 is 2.18 bits per heavy atom. The van der Waals surface area contributed by atoms with Gasteiger partial charge in [-0.25, -0.2) is 0 Å². The SMILES string of the molecule is CC(C)c1noc(Cn2cccc2C(C)N)n1. The molecule has 0 fully saturated rings. The second-order valence-corrected chi connectivity index (χ2v) is 4.55. The molecule has 2 rings (SSSR count). The van der Waals surface area contributed by atoms with E-state index in [0.717, 1.165) is 11.5 Å². The highest BCUT2D eigenvalue weighted by molar-refractivity contribution is 5.11. The van der Waals surface area contributed by atoms with E-state index < -0.39 is 0 Å². The Balaban J connectivity index is 2.17. The first-order chi connectivity index (χ1) is 8.08. The summed E-state index contributed by atoms with van der Waals surface area (Å²) in [5, 5.41) is 3.94. The lowest BCUT2D eigenvalue weighted by Crippen LogP contribution is -2.12. The van der Waals surface area contributed by atoms with E-state index in [9.17, 15) is 0 Å². The van der Waals surface area contributed by atoms with Gasteiger partial charge in [0.1, 0.15) is 6.54 Å². The maximum Gasteiger partial charge on any atom is 0.246 e. The fourth-order valence-electron chi connectivity index (χ4n) is 1.70. The summed E-state index contributed by atoms with van der Waals surface area (Å²) < 4.78 is 7.24. The van der Waals surface area contributed by atoms with Crippen LogP contribution < -0.4 is 5.73 Å². The average molecular weight is 234 g/mol. The molecule has 0 aromatic carbocycles. The van der Waals surface area contributed by atoms with Crippen molar-refractivity contribution in [3.05, 3.63) is 35.7 Å². The van der Waals surface area contributed by atoms with Crippen LogP contribution in [0, 0.1) is 0 Å². The number of nitrogens with two attached hydrogens (primary N) is 1. The van der Waals surface area contributed by atoms with Crippen molar-refractivity contribution in [3.63, 3.8) is 0 Å². The normalized spacial score (nSPS) is 13.2. The molecule has 0 saturated heterocycles. The minimum atomic E-state index is -0.00232. The van der Waals surface area contributed by atoms with E-state index in [2.05, 4.69) is 10.1 Å². The predicted octanol–water partition coefficient (Wildman–Crippen LogP) is 2.06. The molecule has 1 unspecified atom stereocenters. The molecular weight excluding hydrogens is 216 g/mol. The maximum absolute atomic E-state index is 5.88. The van der Waals surface area contributed by atoms with Crippen molar-refractivity contribution < 1.29 is 4.52 Å². The van der Waals surface area contributed by atoms with Crippen LogP contribution in [0.15, 0.2) is 22.9 Å². The average Bonchev–Trinajstić information content (AvgIpc) is 2.86. The second kappa shape index (κ2) is 4.71. The van der Waals surface area contributed by atoms with Gasteiger partial charge < -0.3 is 14.8 Å². The smallest absolute Gasteiger partial charge is 0.246 e. The highest BCUT2D eigenvalue weighted by atomic mass is 16.5. The summed E-state index contributed by atoms with van der Waals surface area (Å²) in [6, 6.07) is 3.97. The molecular formula is C12H18N4O. The second-order valence-electron chi connectivity index (χ2n) is 4.55. The van der Waals surface area contributed by atoms with E-state index in [1.165, 1.54) is 0 Å². The highest BCUT2D eigenvalue weighted by Crippen LogP contribution is 2.14. The van der Waals surface area contributed by atoms with Crippen LogP contribution in [-0.2, 0) is 6.54 Å². The number of rotatable bonds is 4. The molecule has 5 heteroatoms. The summed E-state index contributed by atoms with van der Waals surface area (Å²) in [6.45, 7) is 6.61. The van der Waals surface area contributed by atoms with Crippen LogP contribution in [-0.4, -0.2) is 14.7 Å². The van der Waals surface area contributed by atoms with Gasteiger partial charge in [-0.1, -0.05) is 19.0 Å². The molecule has 2 aromatic rings. The van der Waals surface area contributed by atoms with Crippen molar-refractivity contribution in [1.82, 2.24) is 14.7 Å². The van der Waals surface area contributed by atoms with Crippen molar-refractivity contribution in [2.45, 2.75) is 39.3 Å². The van der Waals surface area contributed by atoms with Gasteiger partial charge in [0.2, 0.25) is 5.89 Å². The summed E-state index contributed by atoms with van der Waals surface area (Å²) in [5.74, 6) is 1.64. The van der Waals surface area contributed by atoms with E-state index in [4.69, 9.17) is 10.3 Å². The van der Waals surface area contributed by atoms with Gasteiger partial charge in [0, 0.05) is 23.9 Å². The predicted molar refractivity (Wildman–Crippen MR) is 64.5 cm³/mol. The molecule has 0 saturated carbocycles. The third kappa shape index (κ3) is 2.55. The van der Waals surface area contributed by atoms with E-state index >= 15 is 0 Å². The van der Waals surface area contributed by atoms with Crippen molar-refractivity contribution >= 4 is 0 Å². The summed E-state index contributed by atoms with van der Waals surface area (Å²) in [4.78, 5) is 4.35. The fraction of sp³-hybridized carbons (Fsp3) is 0.500. The molecule has 2 heterocycles. The molecule has 2 N–H and O–H groups in total. The molecule has 0 aliphatic rings. The number of hydrogen-bond donors (Lipinski definition) is 1. The Hall–Kier alpha value is -1.62. The standard InChI is InChI=1S/C12H18N4O/c1-8(2)12-14-11(17-15-12)7-16-6-4-5-10(16)9(3)13/h4-6,8-9H,7,13H2,1-3H3. The van der Waals surface area contributed by atoms with Crippen LogP contribution in [0.1, 0.15) is 50.1 Å². The topological polar surface area (TPSA) is 69.9 Å². The third-order valence-electron chi connectivity index (χ3n) is 2.64. The van der Waals surface area contributed by atoms with Crippen LogP contribution in [0.2, 0.25) is 0 Å². The van der Waals surface area contributed by atoms with E-state index in [1.54, 1.807) is 0 Å². The van der Waals surface area contributed by atoms with Crippen LogP contribution in [0.5, 0.6) is 0 Å². The largest absolute Gasteiger partial charge is 0.341 e. The Bertz CT molecular complexity index is 484. The van der Waals surface area contributed by atoms with Gasteiger partial charge >= 0.3 is 0 Å². The number of aromatic nitrogens is 3. The van der Waals surface area contributed by atoms with Crippen molar-refractivity contribution in [2.75, 3.05) is 0 Å². The molecule has 0 bridgehead atoms. The molecule has 0 radical (unpaired) electrons. The summed E-state index contributed by atoms with van der Waals surface area (Å²) in [5.41, 5.74) is 6.94. The summed E-state index contributed by atoms with van der Waals surface area (Å²) in [7, 11) is 0. The van der Waals surface area contributed by atoms with Gasteiger partial charge in [-0.15, -0.1) is 0 Å². The highest BCUT2D eigenvalue weighted by Gasteiger charge is 2.12. The third-order valence-corrected chi connectivity index (χ3v) is 2.64. The van der Waals surface area contributed by atoms with Crippen LogP contribution >= 0.6 is 0 Å². The van der Waals surface area contributed by atoms with Gasteiger partial charge in [0.15, 0.2) is 5.82 Å². The van der Waals surface area contributed by atoms with Gasteiger partial charge in [-0.05, 0) is 19.1 Å². The van der Waals surface area contributed by atoms with Crippen LogP contribution in [0.3, 0.4) is 0 Å². The molecule has 17 heavy (non-hydrogen) atoms. The molecule has 0 aliphatic heterocycles. The van der Waals surface area contributed by atoms with Crippen molar-refractivity contribution in [2.24, 2.45) is 5.73 Å². The Morgan fingerprint density at radius 1 is 1.41 bits per heavy atom. The molecule has 0 amide bonds. The molecule has 0 spiro atoms. The Labute approximate surface area is 101 Å². The molecule has 1 atom stereocenters. The first kappa shape index (κ1) is 11.9. The molecule has 0 aliphatic carbocycles. The molecule has 5 nitrogen and oxygen atoms in total. The zero-order valence-electron chi connectivity index (χ0n) is 10.4. The van der Waals surface area contributed by atoms with Crippen LogP contribution in [0.25, 0.3) is 0 Å². The molecule has 2 aromatic heterocycles. The lowest BCUT2D eigenvalue weighted by molar-refractivity contribution is 0.363. The maximum atomic E-state index is 5.88. The Morgan fingerprint density at radius 3 is 2.76 bits per heavy atom. The van der Waals surface area contributed by atoms with Gasteiger partial charge in [-0.3, -0.25) is 0 Å². The lowest BCUT2D eigenvalue weighted by Gasteiger charge is -2.09. The minimum Gasteiger partial charge on any atom is -0.341 e. The van der Waals surface area contributed by atoms with E-state index in [1.807, 2.05) is 43.7 Å². The fourth-order valence-corrected chi connectivity index (χ4v) is 1.70. The summed E-state index contributed by atoms with van der Waals surface area (Å²) >= 11 is 0. The monoisotopic (exact) mass is 234 g/mol. The minimum absolute atomic E-state index is 0.00232. The van der Waals surface area contributed by atoms with Gasteiger partial charge in [-0.2, -0.15) is 4.98 Å². The van der Waals surface area contributed by atoms with E-state index in [-0.39, 0.29) is 12.0 Å². The first-order valence-corrected chi connectivity index (χ1v) is 5.81. The van der Waals surface area contributed by atoms with E-state index in [0.29, 0.717) is 12.4 Å². The number of hydrogen-bond acceptors (Lipinski definition) is 4. The Kier molecular flexibility index (Phi) is 3.28. The van der Waals surface area contributed by atoms with Crippen molar-refractivity contribution in [3.8, 4) is 0 Å². The van der Waals surface area contributed by atoms with Crippen molar-refractivity contribution in [1.29, 1.82) is 0 Å². The first-order valence-electron chi connectivity index (χ1n) is 5.81. The number of nitrogens with zero attached hydrogens (tertiary/aromatic N) is 3. The zero-order valence-corrected chi connectivity index (χ0v) is 10.4. The van der Waals surface area contributed by atoms with Gasteiger partial charge in [0.05, 0.1) is 0 Å². The lowest BCUT2D eigenvalue weighted by atomic mass is 10.2. The quantitative estimate of drug-likeness (QED) is 0.879. The summed E-state index contributed by atoms with van der Waals surface area (Å²) in [6.07, 6.45) is 1.97. The van der Waals surface area contributed by atoms with Crippen LogP contribution in [0.4, 0.5) is 0 Å².